The van der Waals surface area contributed by atoms with E-state index in [1.165, 1.54) is 0 Å². The van der Waals surface area contributed by atoms with Crippen LogP contribution in [0.25, 0.3) is 11.0 Å². The molecule has 2 aliphatic rings. The number of aryl methyl sites for hydroxylation is 2. The van der Waals surface area contributed by atoms with Gasteiger partial charge >= 0.3 is 5.63 Å². The zero-order valence-corrected chi connectivity index (χ0v) is 23.1. The lowest BCUT2D eigenvalue weighted by molar-refractivity contribution is -0.143. The number of amides is 1. The Bertz CT molecular complexity index is 1380. The number of carbonyl (C=O) groups excluding carboxylic acids is 1. The molecule has 6 nitrogen and oxygen atoms in total. The van der Waals surface area contributed by atoms with Crippen LogP contribution in [0.1, 0.15) is 60.8 Å². The highest BCUT2D eigenvalue weighted by atomic mass is 79.9. The summed E-state index contributed by atoms with van der Waals surface area (Å²) in [5.41, 5.74) is 2.72. The molecule has 37 heavy (non-hydrogen) atoms. The molecule has 1 saturated carbocycles. The molecule has 1 aromatic heterocycles. The lowest BCUT2D eigenvalue weighted by atomic mass is 9.71. The summed E-state index contributed by atoms with van der Waals surface area (Å²) in [6.45, 7) is 5.40. The maximum atomic E-state index is 13.0. The molecule has 7 heteroatoms. The molecule has 3 aromatic rings. The SMILES string of the molecule is Cc1c(CCC(=O)N2CC[C@]3(O)CCCC[C@@H]3C2)c(=O)oc2c(C)c(OCc3ccccc3Br)ccc12. The van der Waals surface area contributed by atoms with Gasteiger partial charge in [0.2, 0.25) is 5.91 Å². The fraction of sp³-hybridized carbons (Fsp3) is 0.467. The lowest BCUT2D eigenvalue weighted by Crippen LogP contribution is -2.54. The summed E-state index contributed by atoms with van der Waals surface area (Å²) in [5, 5.41) is 11.8. The molecule has 1 aliphatic heterocycles. The molecular formula is C30H34BrNO5. The zero-order chi connectivity index (χ0) is 26.2. The van der Waals surface area contributed by atoms with Crippen LogP contribution in [0.2, 0.25) is 0 Å². The quantitative estimate of drug-likeness (QED) is 0.378. The van der Waals surface area contributed by atoms with Gasteiger partial charge in [-0.1, -0.05) is 47.0 Å². The first-order chi connectivity index (χ1) is 17.8. The molecule has 0 radical (unpaired) electrons. The Labute approximate surface area is 225 Å². The maximum absolute atomic E-state index is 13.0. The summed E-state index contributed by atoms with van der Waals surface area (Å²) < 4.78 is 12.8. The van der Waals surface area contributed by atoms with Crippen molar-refractivity contribution in [2.45, 2.75) is 71.0 Å². The number of benzene rings is 2. The molecule has 1 saturated heterocycles. The molecule has 0 bridgehead atoms. The number of aliphatic hydroxyl groups is 1. The van der Waals surface area contributed by atoms with E-state index in [-0.39, 0.29) is 18.2 Å². The van der Waals surface area contributed by atoms with E-state index in [4.69, 9.17) is 9.15 Å². The van der Waals surface area contributed by atoms with Gasteiger partial charge < -0.3 is 19.2 Å². The average Bonchev–Trinajstić information content (AvgIpc) is 2.88. The number of likely N-dealkylation sites (tertiary alicyclic amines) is 1. The summed E-state index contributed by atoms with van der Waals surface area (Å²) in [4.78, 5) is 27.9. The van der Waals surface area contributed by atoms with Crippen molar-refractivity contribution in [3.05, 3.63) is 73.5 Å². The van der Waals surface area contributed by atoms with E-state index in [2.05, 4.69) is 15.9 Å². The number of fused-ring (bicyclic) bond motifs is 2. The third kappa shape index (κ3) is 5.21. The predicted octanol–water partition coefficient (Wildman–Crippen LogP) is 5.84. The van der Waals surface area contributed by atoms with Crippen LogP contribution in [-0.2, 0) is 17.8 Å². The van der Waals surface area contributed by atoms with E-state index < -0.39 is 11.2 Å². The van der Waals surface area contributed by atoms with Crippen molar-refractivity contribution in [2.75, 3.05) is 13.1 Å². The van der Waals surface area contributed by atoms with Crippen LogP contribution in [0.3, 0.4) is 0 Å². The molecule has 2 atom stereocenters. The van der Waals surface area contributed by atoms with Crippen molar-refractivity contribution in [3.63, 3.8) is 0 Å². The Hall–Kier alpha value is -2.64. The van der Waals surface area contributed by atoms with Crippen molar-refractivity contribution in [1.29, 1.82) is 0 Å². The molecular weight excluding hydrogens is 534 g/mol. The molecule has 1 aliphatic carbocycles. The first kappa shape index (κ1) is 26.0. The van der Waals surface area contributed by atoms with Crippen molar-refractivity contribution in [1.82, 2.24) is 4.90 Å². The summed E-state index contributed by atoms with van der Waals surface area (Å²) in [7, 11) is 0. The minimum Gasteiger partial charge on any atom is -0.488 e. The molecule has 2 heterocycles. The summed E-state index contributed by atoms with van der Waals surface area (Å²) in [5.74, 6) is 0.869. The van der Waals surface area contributed by atoms with E-state index in [9.17, 15) is 14.7 Å². The number of hydrogen-bond donors (Lipinski definition) is 1. The minimum absolute atomic E-state index is 0.0403. The topological polar surface area (TPSA) is 80.0 Å². The largest absolute Gasteiger partial charge is 0.488 e. The van der Waals surface area contributed by atoms with Gasteiger partial charge in [0.15, 0.2) is 0 Å². The lowest BCUT2D eigenvalue weighted by Gasteiger charge is -2.47. The molecule has 0 unspecified atom stereocenters. The number of halogens is 1. The monoisotopic (exact) mass is 567 g/mol. The van der Waals surface area contributed by atoms with Crippen LogP contribution in [0.15, 0.2) is 50.1 Å². The standard InChI is InChI=1S/C30H34BrNO5/c1-19-23-10-12-26(36-18-21-7-3-4-9-25(21)31)20(2)28(23)37-29(34)24(19)11-13-27(33)32-16-15-30(35)14-6-5-8-22(30)17-32/h3-4,7,9-10,12,22,35H,5-6,8,11,13-18H2,1-2H3/t22-,30-/m1/s1. The molecule has 5 rings (SSSR count). The Morgan fingerprint density at radius 3 is 2.78 bits per heavy atom. The molecule has 0 spiro atoms. The highest BCUT2D eigenvalue weighted by molar-refractivity contribution is 9.10. The van der Waals surface area contributed by atoms with Crippen molar-refractivity contribution >= 4 is 32.8 Å². The summed E-state index contributed by atoms with van der Waals surface area (Å²) in [6, 6.07) is 11.7. The van der Waals surface area contributed by atoms with Gasteiger partial charge in [-0.15, -0.1) is 0 Å². The average molecular weight is 569 g/mol. The minimum atomic E-state index is -0.608. The normalized spacial score (nSPS) is 21.6. The third-order valence-electron chi connectivity index (χ3n) is 8.36. The molecule has 196 valence electrons. The molecule has 1 amide bonds. The van der Waals surface area contributed by atoms with Crippen LogP contribution >= 0.6 is 15.9 Å². The van der Waals surface area contributed by atoms with Crippen molar-refractivity contribution in [2.24, 2.45) is 5.92 Å². The summed E-state index contributed by atoms with van der Waals surface area (Å²) in [6.07, 6.45) is 5.24. The molecule has 2 fully saturated rings. The van der Waals surface area contributed by atoms with E-state index in [0.717, 1.165) is 52.2 Å². The second kappa shape index (κ2) is 10.6. The van der Waals surface area contributed by atoms with Gasteiger partial charge in [-0.3, -0.25) is 4.79 Å². The molecule has 1 N–H and O–H groups in total. The Balaban J connectivity index is 1.29. The smallest absolute Gasteiger partial charge is 0.339 e. The second-order valence-electron chi connectivity index (χ2n) is 10.6. The van der Waals surface area contributed by atoms with Gasteiger partial charge in [0.25, 0.3) is 0 Å². The number of ether oxygens (including phenoxy) is 1. The van der Waals surface area contributed by atoms with E-state index in [1.54, 1.807) is 0 Å². The number of piperidine rings is 1. The number of hydrogen-bond acceptors (Lipinski definition) is 5. The van der Waals surface area contributed by atoms with Gasteiger partial charge in [-0.25, -0.2) is 4.79 Å². The van der Waals surface area contributed by atoms with Gasteiger partial charge in [0.05, 0.1) is 5.60 Å². The highest BCUT2D eigenvalue weighted by Gasteiger charge is 2.43. The Morgan fingerprint density at radius 1 is 1.16 bits per heavy atom. The fourth-order valence-electron chi connectivity index (χ4n) is 5.97. The zero-order valence-electron chi connectivity index (χ0n) is 21.5. The maximum Gasteiger partial charge on any atom is 0.339 e. The van der Waals surface area contributed by atoms with Crippen molar-refractivity contribution < 1.29 is 19.1 Å². The highest BCUT2D eigenvalue weighted by Crippen LogP contribution is 2.40. The second-order valence-corrected chi connectivity index (χ2v) is 11.4. The third-order valence-corrected chi connectivity index (χ3v) is 9.14. The van der Waals surface area contributed by atoms with Crippen molar-refractivity contribution in [3.8, 4) is 5.75 Å². The molecule has 2 aromatic carbocycles. The van der Waals surface area contributed by atoms with Crippen LogP contribution in [0, 0.1) is 19.8 Å². The Morgan fingerprint density at radius 2 is 1.97 bits per heavy atom. The Kier molecular flexibility index (Phi) is 7.46. The fourth-order valence-corrected chi connectivity index (χ4v) is 6.37. The predicted molar refractivity (Wildman–Crippen MR) is 147 cm³/mol. The van der Waals surface area contributed by atoms with E-state index >= 15 is 0 Å². The van der Waals surface area contributed by atoms with Crippen LogP contribution in [0.5, 0.6) is 5.75 Å². The van der Waals surface area contributed by atoms with Gasteiger partial charge in [0, 0.05) is 52.0 Å². The first-order valence-electron chi connectivity index (χ1n) is 13.2. The summed E-state index contributed by atoms with van der Waals surface area (Å²) >= 11 is 3.54. The van der Waals surface area contributed by atoms with E-state index in [0.29, 0.717) is 49.4 Å². The van der Waals surface area contributed by atoms with Crippen LogP contribution < -0.4 is 10.4 Å². The first-order valence-corrected chi connectivity index (χ1v) is 14.0. The van der Waals surface area contributed by atoms with Crippen LogP contribution in [-0.4, -0.2) is 34.6 Å². The van der Waals surface area contributed by atoms with Gasteiger partial charge in [-0.2, -0.15) is 0 Å². The number of rotatable bonds is 6. The number of carbonyl (C=O) groups is 1. The number of nitrogens with zero attached hydrogens (tertiary/aromatic N) is 1. The van der Waals surface area contributed by atoms with E-state index in [1.807, 2.05) is 55.1 Å². The van der Waals surface area contributed by atoms with Gasteiger partial charge in [0.1, 0.15) is 17.9 Å². The van der Waals surface area contributed by atoms with Gasteiger partial charge in [-0.05, 0) is 63.3 Å². The van der Waals surface area contributed by atoms with Crippen LogP contribution in [0.4, 0.5) is 0 Å².